The van der Waals surface area contributed by atoms with E-state index in [1.165, 1.54) is 19.9 Å². The Kier molecular flexibility index (Phi) is 11.7. The van der Waals surface area contributed by atoms with E-state index in [1.807, 2.05) is 5.32 Å². The molecule has 0 saturated carbocycles. The number of amides is 2. The highest BCUT2D eigenvalue weighted by Crippen LogP contribution is 2.22. The van der Waals surface area contributed by atoms with Gasteiger partial charge in [-0.2, -0.15) is 0 Å². The number of nitrogens with zero attached hydrogens (tertiary/aromatic N) is 1. The van der Waals surface area contributed by atoms with Gasteiger partial charge in [0, 0.05) is 19.3 Å². The maximum atomic E-state index is 11.6. The largest absolute Gasteiger partial charge is 0.438 e. The van der Waals surface area contributed by atoms with Crippen LogP contribution < -0.4 is 5.32 Å². The number of nitrogens with one attached hydrogen (secondary N) is 1. The number of ether oxygens (including phenoxy) is 3. The van der Waals surface area contributed by atoms with Gasteiger partial charge in [-0.25, -0.2) is 0 Å². The Bertz CT molecular complexity index is 545. The van der Waals surface area contributed by atoms with Gasteiger partial charge >= 0.3 is 5.97 Å². The molecule has 0 radical (unpaired) electrons. The van der Waals surface area contributed by atoms with E-state index in [2.05, 4.69) is 0 Å². The lowest BCUT2D eigenvalue weighted by Gasteiger charge is -2.23. The van der Waals surface area contributed by atoms with Crippen LogP contribution in [0.4, 0.5) is 0 Å². The van der Waals surface area contributed by atoms with Crippen LogP contribution in [-0.4, -0.2) is 72.0 Å². The molecule has 0 aliphatic carbocycles. The van der Waals surface area contributed by atoms with Crippen LogP contribution >= 0.6 is 0 Å². The van der Waals surface area contributed by atoms with E-state index in [4.69, 9.17) is 24.4 Å². The van der Waals surface area contributed by atoms with Crippen molar-refractivity contribution in [3.63, 3.8) is 0 Å². The van der Waals surface area contributed by atoms with Crippen molar-refractivity contribution in [2.45, 2.75) is 65.6 Å². The van der Waals surface area contributed by atoms with Crippen LogP contribution in [0.25, 0.3) is 0 Å². The predicted octanol–water partition coefficient (Wildman–Crippen LogP) is 0.480. The summed E-state index contributed by atoms with van der Waals surface area (Å²) in [6.45, 7) is 8.16. The number of rotatable bonds is 8. The standard InChI is InChI=1S/C16H26N2O6.C3H8O2/c1-16(2,3)15(21)23-11-22-9-12-5-6-14(24-12)18(4)8-7-13(20)17-10-19;1-3(2,4)5/h7-8,10,12,14H,5-6,9,11H2,1-4H3,(H,17,19,20);4-5H,1-2H3/b8-7-;. The molecule has 1 aliphatic heterocycles. The molecule has 0 aromatic rings. The van der Waals surface area contributed by atoms with Gasteiger partial charge in [0.15, 0.2) is 12.6 Å². The summed E-state index contributed by atoms with van der Waals surface area (Å²) in [5, 5.41) is 18.2. The van der Waals surface area contributed by atoms with Crippen molar-refractivity contribution in [3.8, 4) is 0 Å². The fourth-order valence-electron chi connectivity index (χ4n) is 1.99. The number of hydrogen-bond donors (Lipinski definition) is 3. The number of carbonyl (C=O) groups is 3. The number of carbonyl (C=O) groups excluding carboxylic acids is 3. The van der Waals surface area contributed by atoms with Crippen LogP contribution in [0.5, 0.6) is 0 Å². The zero-order valence-electron chi connectivity index (χ0n) is 18.0. The Labute approximate surface area is 171 Å². The molecule has 1 rings (SSSR count). The average molecular weight is 418 g/mol. The molecular weight excluding hydrogens is 384 g/mol. The third kappa shape index (κ3) is 14.6. The molecule has 2 atom stereocenters. The number of hydrogen-bond acceptors (Lipinski definition) is 9. The summed E-state index contributed by atoms with van der Waals surface area (Å²) in [7, 11) is 1.78. The smallest absolute Gasteiger partial charge is 0.313 e. The molecule has 29 heavy (non-hydrogen) atoms. The highest BCUT2D eigenvalue weighted by atomic mass is 16.7. The van der Waals surface area contributed by atoms with Crippen LogP contribution in [-0.2, 0) is 28.6 Å². The van der Waals surface area contributed by atoms with Crippen molar-refractivity contribution in [3.05, 3.63) is 12.3 Å². The number of aliphatic hydroxyl groups is 2. The second-order valence-electron chi connectivity index (χ2n) is 8.06. The van der Waals surface area contributed by atoms with E-state index in [1.54, 1.807) is 38.9 Å². The van der Waals surface area contributed by atoms with E-state index < -0.39 is 17.1 Å². The fraction of sp³-hybridized carbons (Fsp3) is 0.737. The van der Waals surface area contributed by atoms with Crippen molar-refractivity contribution in [2.24, 2.45) is 5.41 Å². The molecule has 2 amide bonds. The monoisotopic (exact) mass is 418 g/mol. The fourth-order valence-corrected chi connectivity index (χ4v) is 1.99. The van der Waals surface area contributed by atoms with Gasteiger partial charge < -0.3 is 29.3 Å². The van der Waals surface area contributed by atoms with Crippen molar-refractivity contribution < 1.29 is 38.8 Å². The van der Waals surface area contributed by atoms with Gasteiger partial charge in [-0.3, -0.25) is 19.7 Å². The van der Waals surface area contributed by atoms with Gasteiger partial charge in [0.05, 0.1) is 18.1 Å². The third-order valence-electron chi connectivity index (χ3n) is 3.39. The molecule has 10 nitrogen and oxygen atoms in total. The molecule has 1 heterocycles. The Balaban J connectivity index is 0.00000139. The Morgan fingerprint density at radius 3 is 2.31 bits per heavy atom. The molecule has 0 aromatic heterocycles. The molecule has 168 valence electrons. The minimum Gasteiger partial charge on any atom is -0.438 e. The molecule has 2 unspecified atom stereocenters. The Morgan fingerprint density at radius 1 is 1.21 bits per heavy atom. The second kappa shape index (κ2) is 12.5. The summed E-state index contributed by atoms with van der Waals surface area (Å²) < 4.78 is 16.1. The van der Waals surface area contributed by atoms with Crippen molar-refractivity contribution >= 4 is 18.3 Å². The lowest BCUT2D eigenvalue weighted by molar-refractivity contribution is -0.169. The average Bonchev–Trinajstić information content (AvgIpc) is 3.03. The first kappa shape index (κ1) is 27.0. The van der Waals surface area contributed by atoms with Crippen LogP contribution in [0.1, 0.15) is 47.5 Å². The van der Waals surface area contributed by atoms with Crippen LogP contribution in [0, 0.1) is 5.41 Å². The zero-order valence-corrected chi connectivity index (χ0v) is 18.0. The molecular formula is C19H34N2O8. The summed E-state index contributed by atoms with van der Waals surface area (Å²) in [4.78, 5) is 34.6. The summed E-state index contributed by atoms with van der Waals surface area (Å²) in [5.41, 5.74) is -0.552. The van der Waals surface area contributed by atoms with E-state index in [0.717, 1.165) is 12.8 Å². The lowest BCUT2D eigenvalue weighted by Crippen LogP contribution is -2.29. The van der Waals surface area contributed by atoms with Crippen molar-refractivity contribution in [1.29, 1.82) is 0 Å². The van der Waals surface area contributed by atoms with Crippen LogP contribution in [0.15, 0.2) is 12.3 Å². The second-order valence-corrected chi connectivity index (χ2v) is 8.06. The Morgan fingerprint density at radius 2 is 1.79 bits per heavy atom. The maximum absolute atomic E-state index is 11.6. The first-order chi connectivity index (χ1) is 13.2. The van der Waals surface area contributed by atoms with Gasteiger partial charge in [-0.05, 0) is 47.5 Å². The van der Waals surface area contributed by atoms with Gasteiger partial charge in [0.25, 0.3) is 5.91 Å². The molecule has 1 aliphatic rings. The molecule has 1 saturated heterocycles. The first-order valence-electron chi connectivity index (χ1n) is 9.23. The van der Waals surface area contributed by atoms with E-state index in [-0.39, 0.29) is 25.1 Å². The summed E-state index contributed by atoms with van der Waals surface area (Å²) >= 11 is 0. The SMILES string of the molecule is CC(C)(O)O.CN(/C=C\C(=O)NC=O)C1CCC(COCOC(=O)C(C)(C)C)O1. The molecule has 1 fully saturated rings. The van der Waals surface area contributed by atoms with Crippen molar-refractivity contribution in [1.82, 2.24) is 10.2 Å². The Hall–Kier alpha value is -2.01. The quantitative estimate of drug-likeness (QED) is 0.169. The van der Waals surface area contributed by atoms with Gasteiger partial charge in [-0.15, -0.1) is 0 Å². The third-order valence-corrected chi connectivity index (χ3v) is 3.39. The summed E-state index contributed by atoms with van der Waals surface area (Å²) in [6, 6.07) is 0. The van der Waals surface area contributed by atoms with Crippen LogP contribution in [0.3, 0.4) is 0 Å². The molecule has 0 spiro atoms. The molecule has 0 bridgehead atoms. The highest BCUT2D eigenvalue weighted by molar-refractivity contribution is 5.94. The normalized spacial score (nSPS) is 19.3. The number of imide groups is 1. The maximum Gasteiger partial charge on any atom is 0.313 e. The lowest BCUT2D eigenvalue weighted by atomic mass is 9.98. The molecule has 3 N–H and O–H groups in total. The predicted molar refractivity (Wildman–Crippen MR) is 104 cm³/mol. The topological polar surface area (TPSA) is 135 Å². The van der Waals surface area contributed by atoms with Gasteiger partial charge in [0.1, 0.15) is 6.23 Å². The van der Waals surface area contributed by atoms with Gasteiger partial charge in [-0.1, -0.05) is 0 Å². The number of esters is 1. The summed E-state index contributed by atoms with van der Waals surface area (Å²) in [6.07, 6.45) is 4.46. The van der Waals surface area contributed by atoms with E-state index in [0.29, 0.717) is 13.0 Å². The van der Waals surface area contributed by atoms with Gasteiger partial charge in [0.2, 0.25) is 6.41 Å². The van der Waals surface area contributed by atoms with Crippen LogP contribution in [0.2, 0.25) is 0 Å². The highest BCUT2D eigenvalue weighted by Gasteiger charge is 2.28. The first-order valence-corrected chi connectivity index (χ1v) is 9.23. The molecule has 0 aromatic carbocycles. The minimum absolute atomic E-state index is 0.0945. The molecule has 10 heteroatoms. The summed E-state index contributed by atoms with van der Waals surface area (Å²) in [5.74, 6) is -2.30. The van der Waals surface area contributed by atoms with E-state index >= 15 is 0 Å². The van der Waals surface area contributed by atoms with Crippen molar-refractivity contribution in [2.75, 3.05) is 20.4 Å². The minimum atomic E-state index is -1.50. The zero-order chi connectivity index (χ0) is 22.7. The van der Waals surface area contributed by atoms with E-state index in [9.17, 15) is 14.4 Å².